The first-order valence-corrected chi connectivity index (χ1v) is 9.47. The van der Waals surface area contributed by atoms with Gasteiger partial charge in [-0.05, 0) is 70.4 Å². The average molecular weight is 339 g/mol. The zero-order valence-electron chi connectivity index (χ0n) is 15.4. The van der Waals surface area contributed by atoms with Crippen LogP contribution in [0.4, 0.5) is 5.69 Å². The normalized spacial score (nSPS) is 21.0. The van der Waals surface area contributed by atoms with E-state index >= 15 is 0 Å². The van der Waals surface area contributed by atoms with Crippen molar-refractivity contribution in [3.05, 3.63) is 42.2 Å². The van der Waals surface area contributed by atoms with Crippen LogP contribution in [-0.2, 0) is 0 Å². The summed E-state index contributed by atoms with van der Waals surface area (Å²) >= 11 is 0. The van der Waals surface area contributed by atoms with Crippen molar-refractivity contribution < 1.29 is 0 Å². The summed E-state index contributed by atoms with van der Waals surface area (Å²) in [6.07, 6.45) is 4.39. The summed E-state index contributed by atoms with van der Waals surface area (Å²) < 4.78 is 2.14. The second-order valence-electron chi connectivity index (χ2n) is 7.55. The minimum Gasteiger partial charge on any atom is -0.369 e. The first-order valence-electron chi connectivity index (χ1n) is 9.47. The Labute approximate surface area is 150 Å². The van der Waals surface area contributed by atoms with Crippen LogP contribution in [0.1, 0.15) is 24.5 Å². The fourth-order valence-electron chi connectivity index (χ4n) is 4.01. The molecule has 0 unspecified atom stereocenters. The molecule has 0 atom stereocenters. The van der Waals surface area contributed by atoms with Crippen molar-refractivity contribution in [2.24, 2.45) is 0 Å². The maximum absolute atomic E-state index is 4.62. The Morgan fingerprint density at radius 3 is 2.04 bits per heavy atom. The van der Waals surface area contributed by atoms with E-state index in [4.69, 9.17) is 0 Å². The highest BCUT2D eigenvalue weighted by Crippen LogP contribution is 2.29. The number of hydrogen-bond acceptors (Lipinski definition) is 4. The predicted octanol–water partition coefficient (Wildman–Crippen LogP) is 2.43. The molecule has 3 heterocycles. The van der Waals surface area contributed by atoms with Gasteiger partial charge in [-0.3, -0.25) is 0 Å². The van der Waals surface area contributed by atoms with E-state index in [1.807, 2.05) is 6.20 Å². The minimum atomic E-state index is 0.621. The Balaban J connectivity index is 1.50. The number of hydrogen-bond donors (Lipinski definition) is 0. The summed E-state index contributed by atoms with van der Waals surface area (Å²) in [6, 6.07) is 11.1. The van der Waals surface area contributed by atoms with Crippen LogP contribution in [-0.4, -0.2) is 72.9 Å². The monoisotopic (exact) mass is 339 g/mol. The molecule has 2 aliphatic heterocycles. The first-order chi connectivity index (χ1) is 12.2. The molecule has 5 heteroatoms. The van der Waals surface area contributed by atoms with Gasteiger partial charge in [0.25, 0.3) is 0 Å². The fourth-order valence-corrected chi connectivity index (χ4v) is 4.01. The summed E-state index contributed by atoms with van der Waals surface area (Å²) in [5.74, 6) is 0.621. The Morgan fingerprint density at radius 2 is 1.36 bits per heavy atom. The van der Waals surface area contributed by atoms with E-state index in [1.54, 1.807) is 0 Å². The summed E-state index contributed by atoms with van der Waals surface area (Å²) in [5.41, 5.74) is 3.86. The zero-order chi connectivity index (χ0) is 17.2. The van der Waals surface area contributed by atoms with E-state index in [2.05, 4.69) is 68.9 Å². The van der Waals surface area contributed by atoms with Crippen molar-refractivity contribution in [1.29, 1.82) is 0 Å². The minimum absolute atomic E-state index is 0.621. The largest absolute Gasteiger partial charge is 0.369 e. The lowest BCUT2D eigenvalue weighted by Crippen LogP contribution is -2.44. The van der Waals surface area contributed by atoms with E-state index in [0.29, 0.717) is 5.92 Å². The lowest BCUT2D eigenvalue weighted by Gasteiger charge is -2.34. The van der Waals surface area contributed by atoms with Crippen LogP contribution in [0.5, 0.6) is 0 Å². The van der Waals surface area contributed by atoms with Gasteiger partial charge in [0.2, 0.25) is 0 Å². The Kier molecular flexibility index (Phi) is 4.77. The van der Waals surface area contributed by atoms with Gasteiger partial charge in [0.15, 0.2) is 0 Å². The quantitative estimate of drug-likeness (QED) is 0.858. The van der Waals surface area contributed by atoms with Crippen LogP contribution >= 0.6 is 0 Å². The lowest BCUT2D eigenvalue weighted by atomic mass is 9.93. The van der Waals surface area contributed by atoms with Gasteiger partial charge in [-0.1, -0.05) is 0 Å². The third-order valence-electron chi connectivity index (χ3n) is 5.77. The Hall–Kier alpha value is -1.85. The predicted molar refractivity (Wildman–Crippen MR) is 103 cm³/mol. The van der Waals surface area contributed by atoms with Crippen molar-refractivity contribution in [3.63, 3.8) is 0 Å². The molecule has 0 spiro atoms. The summed E-state index contributed by atoms with van der Waals surface area (Å²) in [6.45, 7) is 6.86. The van der Waals surface area contributed by atoms with Crippen molar-refractivity contribution >= 4 is 5.69 Å². The highest BCUT2D eigenvalue weighted by Gasteiger charge is 2.22. The number of piperidine rings is 1. The smallest absolute Gasteiger partial charge is 0.0650 e. The van der Waals surface area contributed by atoms with E-state index in [1.165, 1.54) is 43.0 Å². The highest BCUT2D eigenvalue weighted by molar-refractivity contribution is 5.51. The lowest BCUT2D eigenvalue weighted by molar-refractivity contribution is 0.252. The summed E-state index contributed by atoms with van der Waals surface area (Å²) in [4.78, 5) is 7.29. The Bertz CT molecular complexity index is 676. The number of benzene rings is 1. The molecule has 4 rings (SSSR count). The molecule has 1 aromatic carbocycles. The van der Waals surface area contributed by atoms with Gasteiger partial charge < -0.3 is 14.7 Å². The van der Waals surface area contributed by atoms with E-state index in [0.717, 1.165) is 26.2 Å². The second-order valence-corrected chi connectivity index (χ2v) is 7.55. The molecular formula is C20H29N5. The molecule has 25 heavy (non-hydrogen) atoms. The summed E-state index contributed by atoms with van der Waals surface area (Å²) in [7, 11) is 4.41. The number of anilines is 1. The van der Waals surface area contributed by atoms with Gasteiger partial charge in [0.1, 0.15) is 0 Å². The van der Waals surface area contributed by atoms with Gasteiger partial charge in [-0.2, -0.15) is 5.10 Å². The van der Waals surface area contributed by atoms with Gasteiger partial charge in [0.05, 0.1) is 5.69 Å². The molecule has 0 N–H and O–H groups in total. The second kappa shape index (κ2) is 7.18. The Morgan fingerprint density at radius 1 is 0.760 bits per heavy atom. The fraction of sp³-hybridized carbons (Fsp3) is 0.550. The topological polar surface area (TPSA) is 27.5 Å². The molecule has 2 saturated heterocycles. The summed E-state index contributed by atoms with van der Waals surface area (Å²) in [5, 5.41) is 4.62. The van der Waals surface area contributed by atoms with Crippen LogP contribution in [0.2, 0.25) is 0 Å². The van der Waals surface area contributed by atoms with E-state index < -0.39 is 0 Å². The molecular weight excluding hydrogens is 310 g/mol. The van der Waals surface area contributed by atoms with E-state index in [9.17, 15) is 0 Å². The maximum atomic E-state index is 4.62. The standard InChI is InChI=1S/C20H29N5/c1-22-11-8-17(9-12-22)20-7-10-21-25(20)19-5-3-18(4-6-19)24-15-13-23(2)14-16-24/h3-7,10,17H,8-9,11-16H2,1-2H3. The van der Waals surface area contributed by atoms with Gasteiger partial charge in [0, 0.05) is 49.7 Å². The molecule has 2 aliphatic rings. The number of likely N-dealkylation sites (tertiary alicyclic amines) is 1. The number of piperazine rings is 1. The first kappa shape index (κ1) is 16.6. The van der Waals surface area contributed by atoms with Crippen LogP contribution in [0.15, 0.2) is 36.5 Å². The molecule has 0 aliphatic carbocycles. The van der Waals surface area contributed by atoms with E-state index in [-0.39, 0.29) is 0 Å². The average Bonchev–Trinajstić information content (AvgIpc) is 3.13. The molecule has 2 aromatic rings. The van der Waals surface area contributed by atoms with Crippen molar-refractivity contribution in [2.45, 2.75) is 18.8 Å². The third kappa shape index (κ3) is 3.58. The highest BCUT2D eigenvalue weighted by atomic mass is 15.3. The van der Waals surface area contributed by atoms with Gasteiger partial charge >= 0.3 is 0 Å². The van der Waals surface area contributed by atoms with Crippen LogP contribution in [0.25, 0.3) is 5.69 Å². The van der Waals surface area contributed by atoms with Gasteiger partial charge in [-0.15, -0.1) is 0 Å². The number of rotatable bonds is 3. The van der Waals surface area contributed by atoms with Crippen LogP contribution in [0.3, 0.4) is 0 Å². The number of likely N-dealkylation sites (N-methyl/N-ethyl adjacent to an activating group) is 1. The molecule has 2 fully saturated rings. The van der Waals surface area contributed by atoms with Crippen molar-refractivity contribution in [2.75, 3.05) is 58.3 Å². The maximum Gasteiger partial charge on any atom is 0.0650 e. The molecule has 0 radical (unpaired) electrons. The molecule has 134 valence electrons. The van der Waals surface area contributed by atoms with Crippen LogP contribution in [0, 0.1) is 0 Å². The number of aromatic nitrogens is 2. The van der Waals surface area contributed by atoms with Crippen molar-refractivity contribution in [3.8, 4) is 5.69 Å². The van der Waals surface area contributed by atoms with Crippen LogP contribution < -0.4 is 4.90 Å². The molecule has 0 amide bonds. The zero-order valence-corrected chi connectivity index (χ0v) is 15.4. The molecule has 5 nitrogen and oxygen atoms in total. The molecule has 0 bridgehead atoms. The van der Waals surface area contributed by atoms with Crippen molar-refractivity contribution in [1.82, 2.24) is 19.6 Å². The molecule has 1 aromatic heterocycles. The third-order valence-corrected chi connectivity index (χ3v) is 5.77. The SMILES string of the molecule is CN1CCC(c2ccnn2-c2ccc(N3CCN(C)CC3)cc2)CC1. The van der Waals surface area contributed by atoms with Gasteiger partial charge in [-0.25, -0.2) is 4.68 Å². The molecule has 0 saturated carbocycles. The number of nitrogens with zero attached hydrogens (tertiary/aromatic N) is 5.